The van der Waals surface area contributed by atoms with E-state index in [9.17, 15) is 10.0 Å². The monoisotopic (exact) mass is 300 g/mol. The second kappa shape index (κ2) is 6.29. The average Bonchev–Trinajstić information content (AvgIpc) is 2.90. The van der Waals surface area contributed by atoms with Crippen molar-refractivity contribution >= 4 is 5.91 Å². The van der Waals surface area contributed by atoms with Gasteiger partial charge in [-0.1, -0.05) is 18.2 Å². The third kappa shape index (κ3) is 2.88. The molecule has 1 amide bonds. The van der Waals surface area contributed by atoms with Crippen molar-refractivity contribution in [1.82, 2.24) is 19.9 Å². The molecule has 0 radical (unpaired) electrons. The Labute approximate surface area is 129 Å². The van der Waals surface area contributed by atoms with Crippen LogP contribution in [0.1, 0.15) is 24.4 Å². The third-order valence-electron chi connectivity index (χ3n) is 3.97. The summed E-state index contributed by atoms with van der Waals surface area (Å²) < 4.78 is 2.07. The molecule has 1 aliphatic heterocycles. The van der Waals surface area contributed by atoms with Gasteiger partial charge in [0.25, 0.3) is 5.91 Å². The van der Waals surface area contributed by atoms with E-state index in [0.29, 0.717) is 13.1 Å². The van der Waals surface area contributed by atoms with Gasteiger partial charge in [0, 0.05) is 18.8 Å². The van der Waals surface area contributed by atoms with Crippen molar-refractivity contribution in [3.05, 3.63) is 48.0 Å². The fourth-order valence-corrected chi connectivity index (χ4v) is 2.82. The zero-order valence-electron chi connectivity index (χ0n) is 12.6. The van der Waals surface area contributed by atoms with Crippen molar-refractivity contribution < 1.29 is 10.0 Å². The Kier molecular flexibility index (Phi) is 4.22. The second-order valence-corrected chi connectivity index (χ2v) is 5.50. The molecule has 1 saturated heterocycles. The number of imidazole rings is 1. The Morgan fingerprint density at radius 2 is 2.14 bits per heavy atom. The van der Waals surface area contributed by atoms with Crippen LogP contribution in [0.2, 0.25) is 0 Å². The Balaban J connectivity index is 1.75. The fraction of sp³-hybridized carbons (Fsp3) is 0.375. The van der Waals surface area contributed by atoms with E-state index in [-0.39, 0.29) is 11.9 Å². The number of nitrogens with one attached hydrogen (secondary N) is 1. The van der Waals surface area contributed by atoms with Gasteiger partial charge in [-0.2, -0.15) is 0 Å². The fourth-order valence-electron chi connectivity index (χ4n) is 2.82. The number of para-hydroxylation sites is 1. The standard InChI is InChI=1S/C16H20N4O2/c1-12-17-10-14(20(12)13-6-3-2-4-7-13)11-18-15-8-5-9-19(22)16(15)21/h2-4,6-7,10,15,18,22H,5,8-9,11H2,1H3. The van der Waals surface area contributed by atoms with E-state index in [1.54, 1.807) is 0 Å². The van der Waals surface area contributed by atoms with Gasteiger partial charge in [0.15, 0.2) is 0 Å². The third-order valence-corrected chi connectivity index (χ3v) is 3.97. The molecular formula is C16H20N4O2. The summed E-state index contributed by atoms with van der Waals surface area (Å²) in [7, 11) is 0. The zero-order chi connectivity index (χ0) is 15.5. The first-order valence-electron chi connectivity index (χ1n) is 7.49. The quantitative estimate of drug-likeness (QED) is 0.842. The topological polar surface area (TPSA) is 70.4 Å². The number of amides is 1. The number of carbonyl (C=O) groups is 1. The number of aromatic nitrogens is 2. The zero-order valence-corrected chi connectivity index (χ0v) is 12.6. The minimum absolute atomic E-state index is 0.256. The van der Waals surface area contributed by atoms with Crippen LogP contribution in [0.4, 0.5) is 0 Å². The van der Waals surface area contributed by atoms with Gasteiger partial charge < -0.3 is 5.32 Å². The first-order chi connectivity index (χ1) is 10.7. The van der Waals surface area contributed by atoms with Crippen LogP contribution in [0.3, 0.4) is 0 Å². The highest BCUT2D eigenvalue weighted by atomic mass is 16.5. The molecule has 2 aromatic rings. The van der Waals surface area contributed by atoms with E-state index in [2.05, 4.69) is 14.9 Å². The van der Waals surface area contributed by atoms with E-state index >= 15 is 0 Å². The molecule has 3 rings (SSSR count). The van der Waals surface area contributed by atoms with Crippen molar-refractivity contribution in [2.24, 2.45) is 0 Å². The largest absolute Gasteiger partial charge is 0.300 e. The van der Waals surface area contributed by atoms with Gasteiger partial charge in [-0.05, 0) is 31.9 Å². The molecule has 1 aromatic carbocycles. The summed E-state index contributed by atoms with van der Waals surface area (Å²) >= 11 is 0. The average molecular weight is 300 g/mol. The van der Waals surface area contributed by atoms with Crippen LogP contribution in [0.25, 0.3) is 5.69 Å². The molecule has 0 saturated carbocycles. The van der Waals surface area contributed by atoms with E-state index in [1.807, 2.05) is 43.5 Å². The molecule has 6 nitrogen and oxygen atoms in total. The molecule has 116 valence electrons. The summed E-state index contributed by atoms with van der Waals surface area (Å²) in [6.45, 7) is 2.90. The van der Waals surface area contributed by atoms with Crippen LogP contribution >= 0.6 is 0 Å². The van der Waals surface area contributed by atoms with Crippen molar-refractivity contribution in [2.45, 2.75) is 32.4 Å². The molecule has 2 N–H and O–H groups in total. The highest BCUT2D eigenvalue weighted by Crippen LogP contribution is 2.15. The molecule has 1 fully saturated rings. The van der Waals surface area contributed by atoms with Gasteiger partial charge in [-0.25, -0.2) is 10.0 Å². The number of nitrogens with zero attached hydrogens (tertiary/aromatic N) is 3. The molecule has 1 atom stereocenters. The van der Waals surface area contributed by atoms with E-state index in [4.69, 9.17) is 0 Å². The molecule has 1 aliphatic rings. The molecule has 1 unspecified atom stereocenters. The smallest absolute Gasteiger partial charge is 0.263 e. The number of carbonyl (C=O) groups excluding carboxylic acids is 1. The van der Waals surface area contributed by atoms with Crippen LogP contribution in [-0.2, 0) is 11.3 Å². The summed E-state index contributed by atoms with van der Waals surface area (Å²) in [5.74, 6) is 0.649. The van der Waals surface area contributed by atoms with Crippen LogP contribution in [0, 0.1) is 6.92 Å². The summed E-state index contributed by atoms with van der Waals surface area (Å²) in [5, 5.41) is 13.5. The molecule has 0 spiro atoms. The lowest BCUT2D eigenvalue weighted by molar-refractivity contribution is -0.172. The van der Waals surface area contributed by atoms with Crippen LogP contribution < -0.4 is 5.32 Å². The highest BCUT2D eigenvalue weighted by Gasteiger charge is 2.27. The highest BCUT2D eigenvalue weighted by molar-refractivity contribution is 5.81. The molecule has 22 heavy (non-hydrogen) atoms. The van der Waals surface area contributed by atoms with Crippen LogP contribution in [-0.4, -0.2) is 38.3 Å². The number of aryl methyl sites for hydroxylation is 1. The second-order valence-electron chi connectivity index (χ2n) is 5.50. The van der Waals surface area contributed by atoms with E-state index in [0.717, 1.165) is 35.1 Å². The Bertz CT molecular complexity index is 653. The van der Waals surface area contributed by atoms with E-state index < -0.39 is 0 Å². The van der Waals surface area contributed by atoms with Gasteiger partial charge in [0.05, 0.1) is 17.9 Å². The van der Waals surface area contributed by atoms with Gasteiger partial charge in [0.2, 0.25) is 0 Å². The molecule has 6 heteroatoms. The summed E-state index contributed by atoms with van der Waals surface area (Å²) in [4.78, 5) is 16.3. The van der Waals surface area contributed by atoms with Gasteiger partial charge in [-0.3, -0.25) is 14.6 Å². The predicted octanol–water partition coefficient (Wildman–Crippen LogP) is 1.65. The maximum atomic E-state index is 11.9. The summed E-state index contributed by atoms with van der Waals surface area (Å²) in [6, 6.07) is 9.67. The first kappa shape index (κ1) is 14.7. The molecule has 1 aromatic heterocycles. The van der Waals surface area contributed by atoms with Gasteiger partial charge in [-0.15, -0.1) is 0 Å². The van der Waals surface area contributed by atoms with Crippen molar-refractivity contribution in [1.29, 1.82) is 0 Å². The SMILES string of the molecule is Cc1ncc(CNC2CCCN(O)C2=O)n1-c1ccccc1. The van der Waals surface area contributed by atoms with Crippen molar-refractivity contribution in [3.63, 3.8) is 0 Å². The number of hydroxylamine groups is 2. The summed E-state index contributed by atoms with van der Waals surface area (Å²) in [5.41, 5.74) is 2.04. The number of piperidine rings is 1. The maximum Gasteiger partial charge on any atom is 0.263 e. The lowest BCUT2D eigenvalue weighted by atomic mass is 10.1. The summed E-state index contributed by atoms with van der Waals surface area (Å²) in [6.07, 6.45) is 3.37. The molecule has 0 bridgehead atoms. The first-order valence-corrected chi connectivity index (χ1v) is 7.49. The minimum atomic E-state index is -0.335. The van der Waals surface area contributed by atoms with Crippen molar-refractivity contribution in [2.75, 3.05) is 6.54 Å². The number of hydrogen-bond acceptors (Lipinski definition) is 4. The van der Waals surface area contributed by atoms with Crippen LogP contribution in [0.5, 0.6) is 0 Å². The molecular weight excluding hydrogens is 280 g/mol. The van der Waals surface area contributed by atoms with Crippen molar-refractivity contribution in [3.8, 4) is 5.69 Å². The lowest BCUT2D eigenvalue weighted by Crippen LogP contribution is -2.49. The predicted molar refractivity (Wildman–Crippen MR) is 81.7 cm³/mol. The molecule has 2 heterocycles. The van der Waals surface area contributed by atoms with Gasteiger partial charge >= 0.3 is 0 Å². The molecule has 0 aliphatic carbocycles. The normalized spacial score (nSPS) is 18.7. The van der Waals surface area contributed by atoms with E-state index in [1.165, 1.54) is 0 Å². The maximum absolute atomic E-state index is 11.9. The van der Waals surface area contributed by atoms with Gasteiger partial charge in [0.1, 0.15) is 5.82 Å². The van der Waals surface area contributed by atoms with Crippen LogP contribution in [0.15, 0.2) is 36.5 Å². The Morgan fingerprint density at radius 3 is 2.91 bits per heavy atom. The number of hydrogen-bond donors (Lipinski definition) is 2. The number of rotatable bonds is 4. The minimum Gasteiger partial charge on any atom is -0.300 e. The lowest BCUT2D eigenvalue weighted by Gasteiger charge is -2.28. The Morgan fingerprint density at radius 1 is 1.36 bits per heavy atom. The Hall–Kier alpha value is -2.18. The number of benzene rings is 1.